The second kappa shape index (κ2) is 12.4. The van der Waals surface area contributed by atoms with E-state index in [0.29, 0.717) is 27.7 Å². The Morgan fingerprint density at radius 2 is 1.92 bits per heavy atom. The summed E-state index contributed by atoms with van der Waals surface area (Å²) in [5, 5.41) is 19.8. The number of nitrogens with two attached hydrogens (primary N) is 1. The number of carbonyl (C=O) groups is 2. The number of aliphatic carboxylic acids is 1. The molecule has 3 rings (SSSR count). The van der Waals surface area contributed by atoms with Crippen LogP contribution < -0.4 is 5.73 Å². The van der Waals surface area contributed by atoms with E-state index < -0.39 is 28.4 Å². The van der Waals surface area contributed by atoms with Crippen LogP contribution in [0.1, 0.15) is 24.0 Å². The Hall–Kier alpha value is -4.18. The highest BCUT2D eigenvalue weighted by atomic mass is 32.2. The fourth-order valence-corrected chi connectivity index (χ4v) is 4.83. The van der Waals surface area contributed by atoms with Crippen LogP contribution in [-0.4, -0.2) is 84.6 Å². The van der Waals surface area contributed by atoms with Crippen molar-refractivity contribution in [3.63, 3.8) is 0 Å². The summed E-state index contributed by atoms with van der Waals surface area (Å²) in [5.41, 5.74) is 7.51. The molecule has 3 aromatic rings. The second-order valence-corrected chi connectivity index (χ2v) is 10.5. The lowest BCUT2D eigenvalue weighted by atomic mass is 10.1. The smallest absolute Gasteiger partial charge is 0.303 e. The van der Waals surface area contributed by atoms with Crippen LogP contribution >= 0.6 is 0 Å². The van der Waals surface area contributed by atoms with Gasteiger partial charge in [-0.1, -0.05) is 24.0 Å². The summed E-state index contributed by atoms with van der Waals surface area (Å²) >= 11 is 0. The zero-order chi connectivity index (χ0) is 27.9. The minimum Gasteiger partial charge on any atom is -0.494 e. The molecular weight excluding hydrogens is 510 g/mol. The molecular formula is C26H29N5O6S. The highest BCUT2D eigenvalue weighted by molar-refractivity contribution is 7.89. The van der Waals surface area contributed by atoms with Gasteiger partial charge in [0.2, 0.25) is 15.9 Å². The van der Waals surface area contributed by atoms with Gasteiger partial charge in [-0.05, 0) is 36.8 Å². The van der Waals surface area contributed by atoms with Crippen molar-refractivity contribution in [2.75, 3.05) is 33.7 Å². The maximum Gasteiger partial charge on any atom is 0.303 e. The minimum atomic E-state index is -4.02. The van der Waals surface area contributed by atoms with E-state index in [2.05, 4.69) is 21.8 Å². The number of nitrogens with zero attached hydrogens (tertiary/aromatic N) is 3. The molecule has 11 nitrogen and oxygen atoms in total. The fraction of sp³-hybridized carbons (Fsp3) is 0.269. The molecule has 1 heterocycles. The Balaban J connectivity index is 1.81. The molecule has 5 N–H and O–H groups in total. The number of fused-ring (bicyclic) bond motifs is 1. The number of aromatic amines is 1. The first-order chi connectivity index (χ1) is 18.0. The van der Waals surface area contributed by atoms with Crippen molar-refractivity contribution in [1.82, 2.24) is 14.2 Å². The van der Waals surface area contributed by atoms with Gasteiger partial charge in [-0.2, -0.15) is 4.31 Å². The third-order valence-corrected chi connectivity index (χ3v) is 7.50. The Morgan fingerprint density at radius 1 is 1.18 bits per heavy atom. The molecule has 200 valence electrons. The van der Waals surface area contributed by atoms with Crippen LogP contribution in [0.5, 0.6) is 5.88 Å². The summed E-state index contributed by atoms with van der Waals surface area (Å²) in [7, 11) is -1.24. The predicted molar refractivity (Wildman–Crippen MR) is 144 cm³/mol. The third kappa shape index (κ3) is 6.77. The summed E-state index contributed by atoms with van der Waals surface area (Å²) in [6.45, 7) is -0.0306. The standard InChI is InChI=1S/C26H29N5O6S/c1-30(14-6-12-24(33)34)23(32)17-31(2)38(36,37)20-10-4-9-19(15-20)28-16-21-25-18(8-5-13-27)7-3-11-22(25)29-26(21)35/h3-4,7,9-11,15-16,29,35H,6,12-14,17,27H2,1-2H3,(H,33,34). The molecule has 0 aliphatic heterocycles. The zero-order valence-corrected chi connectivity index (χ0v) is 21.8. The first kappa shape index (κ1) is 28.4. The van der Waals surface area contributed by atoms with Gasteiger partial charge in [-0.3, -0.25) is 14.6 Å². The average Bonchev–Trinajstić information content (AvgIpc) is 3.21. The van der Waals surface area contributed by atoms with Crippen LogP contribution in [0.4, 0.5) is 5.69 Å². The number of aromatic hydroxyl groups is 1. The number of sulfonamides is 1. The molecule has 12 heteroatoms. The Labute approximate surface area is 220 Å². The summed E-state index contributed by atoms with van der Waals surface area (Å²) < 4.78 is 27.1. The van der Waals surface area contributed by atoms with Crippen molar-refractivity contribution in [3.05, 3.63) is 53.6 Å². The summed E-state index contributed by atoms with van der Waals surface area (Å²) in [6, 6.07) is 11.3. The van der Waals surface area contributed by atoms with Crippen molar-refractivity contribution in [1.29, 1.82) is 0 Å². The number of benzene rings is 2. The maximum atomic E-state index is 13.1. The molecule has 0 radical (unpaired) electrons. The van der Waals surface area contributed by atoms with Gasteiger partial charge < -0.3 is 25.8 Å². The van der Waals surface area contributed by atoms with Crippen molar-refractivity contribution in [2.24, 2.45) is 10.7 Å². The molecule has 0 atom stereocenters. The summed E-state index contributed by atoms with van der Waals surface area (Å²) in [5.74, 6) is 4.23. The number of H-pyrrole nitrogens is 1. The SMILES string of the molecule is CN(CCCC(=O)O)C(=O)CN(C)S(=O)(=O)c1cccc(N=Cc2c(O)[nH]c3cccc(C#CCN)c23)c1. The van der Waals surface area contributed by atoms with Crippen LogP contribution in [-0.2, 0) is 19.6 Å². The van der Waals surface area contributed by atoms with Gasteiger partial charge in [0.15, 0.2) is 5.88 Å². The van der Waals surface area contributed by atoms with E-state index in [1.807, 2.05) is 0 Å². The topological polar surface area (TPSA) is 169 Å². The van der Waals surface area contributed by atoms with Crippen LogP contribution in [0, 0.1) is 11.8 Å². The lowest BCUT2D eigenvalue weighted by molar-refractivity contribution is -0.138. The number of amides is 1. The largest absolute Gasteiger partial charge is 0.494 e. The first-order valence-corrected chi connectivity index (χ1v) is 13.1. The molecule has 2 aromatic carbocycles. The van der Waals surface area contributed by atoms with Gasteiger partial charge in [0, 0.05) is 44.2 Å². The number of hydrogen-bond acceptors (Lipinski definition) is 7. The Kier molecular flexibility index (Phi) is 9.25. The van der Waals surface area contributed by atoms with Crippen LogP contribution in [0.25, 0.3) is 10.9 Å². The number of likely N-dealkylation sites (N-methyl/N-ethyl adjacent to an activating group) is 2. The molecule has 0 unspecified atom stereocenters. The minimum absolute atomic E-state index is 0.0615. The molecule has 0 fully saturated rings. The van der Waals surface area contributed by atoms with Crippen molar-refractivity contribution >= 4 is 44.7 Å². The molecule has 1 aromatic heterocycles. The van der Waals surface area contributed by atoms with Gasteiger partial charge in [0.25, 0.3) is 0 Å². The molecule has 0 aliphatic rings. The van der Waals surface area contributed by atoms with Crippen molar-refractivity contribution in [2.45, 2.75) is 17.7 Å². The normalized spacial score (nSPS) is 11.6. The number of carboxylic acids is 1. The molecule has 0 aliphatic carbocycles. The van der Waals surface area contributed by atoms with E-state index in [4.69, 9.17) is 10.8 Å². The number of rotatable bonds is 10. The maximum absolute atomic E-state index is 13.1. The van der Waals surface area contributed by atoms with Gasteiger partial charge in [0.1, 0.15) is 0 Å². The van der Waals surface area contributed by atoms with Crippen LogP contribution in [0.15, 0.2) is 52.4 Å². The molecule has 1 amide bonds. The quantitative estimate of drug-likeness (QED) is 0.225. The van der Waals surface area contributed by atoms with Crippen molar-refractivity contribution in [3.8, 4) is 17.7 Å². The average molecular weight is 540 g/mol. The predicted octanol–water partition coefficient (Wildman–Crippen LogP) is 1.88. The number of aromatic nitrogens is 1. The zero-order valence-electron chi connectivity index (χ0n) is 21.0. The highest BCUT2D eigenvalue weighted by Gasteiger charge is 2.24. The van der Waals surface area contributed by atoms with E-state index in [9.17, 15) is 23.1 Å². The van der Waals surface area contributed by atoms with Crippen LogP contribution in [0.2, 0.25) is 0 Å². The van der Waals surface area contributed by atoms with E-state index in [0.717, 1.165) is 4.31 Å². The van der Waals surface area contributed by atoms with Crippen LogP contribution in [0.3, 0.4) is 0 Å². The van der Waals surface area contributed by atoms with E-state index >= 15 is 0 Å². The second-order valence-electron chi connectivity index (χ2n) is 8.45. The summed E-state index contributed by atoms with van der Waals surface area (Å²) in [6.07, 6.45) is 1.60. The monoisotopic (exact) mass is 539 g/mol. The molecule has 0 saturated heterocycles. The number of carboxylic acid groups (broad SMARTS) is 1. The van der Waals surface area contributed by atoms with Gasteiger partial charge in [-0.15, -0.1) is 0 Å². The number of hydrogen-bond donors (Lipinski definition) is 4. The summed E-state index contributed by atoms with van der Waals surface area (Å²) in [4.78, 5) is 31.6. The van der Waals surface area contributed by atoms with Gasteiger partial charge in [-0.25, -0.2) is 8.42 Å². The van der Waals surface area contributed by atoms with E-state index in [-0.39, 0.29) is 36.7 Å². The highest BCUT2D eigenvalue weighted by Crippen LogP contribution is 2.29. The van der Waals surface area contributed by atoms with E-state index in [1.54, 1.807) is 24.3 Å². The van der Waals surface area contributed by atoms with Gasteiger partial charge in [0.05, 0.1) is 34.8 Å². The Morgan fingerprint density at radius 3 is 2.63 bits per heavy atom. The lowest BCUT2D eigenvalue weighted by Gasteiger charge is -2.21. The number of carbonyl (C=O) groups excluding carboxylic acids is 1. The van der Waals surface area contributed by atoms with E-state index in [1.165, 1.54) is 43.4 Å². The lowest BCUT2D eigenvalue weighted by Crippen LogP contribution is -2.39. The number of nitrogens with one attached hydrogen (secondary N) is 1. The molecule has 0 spiro atoms. The third-order valence-electron chi connectivity index (χ3n) is 5.70. The Bertz CT molecular complexity index is 1530. The molecule has 38 heavy (non-hydrogen) atoms. The molecule has 0 bridgehead atoms. The van der Waals surface area contributed by atoms with Gasteiger partial charge >= 0.3 is 5.97 Å². The molecule has 0 saturated carbocycles. The fourth-order valence-electron chi connectivity index (χ4n) is 3.67. The van der Waals surface area contributed by atoms with Crippen molar-refractivity contribution < 1.29 is 28.2 Å². The number of aliphatic imine (C=N–C) groups is 1. The first-order valence-electron chi connectivity index (χ1n) is 11.6.